The van der Waals surface area contributed by atoms with Crippen molar-refractivity contribution in [2.75, 3.05) is 0 Å². The van der Waals surface area contributed by atoms with Gasteiger partial charge >= 0.3 is 0 Å². The third-order valence-electron chi connectivity index (χ3n) is 1.01. The van der Waals surface area contributed by atoms with E-state index >= 15 is 0 Å². The third kappa shape index (κ3) is 1.19. The number of hydrogen-bond acceptors (Lipinski definition) is 0. The minimum absolute atomic E-state index is 0.523. The molecule has 0 nitrogen and oxygen atoms in total. The molecule has 0 atom stereocenters. The summed E-state index contributed by atoms with van der Waals surface area (Å²) in [4.78, 5) is 0. The molecule has 1 rings (SSSR count). The summed E-state index contributed by atoms with van der Waals surface area (Å²) < 4.78 is 14.5. The molecule has 0 unspecified atom stereocenters. The Hall–Kier alpha value is -0.520. The lowest BCUT2D eigenvalue weighted by Gasteiger charge is -1.96. The molecule has 0 aromatic heterocycles. The summed E-state index contributed by atoms with van der Waals surface area (Å²) in [5, 5.41) is 0. The van der Waals surface area contributed by atoms with E-state index in [-0.39, 0.29) is 0 Å². The zero-order chi connectivity index (χ0) is 6.91. The Balaban J connectivity index is 2.70. The molecule has 0 aliphatic heterocycles. The second-order valence-electron chi connectivity index (χ2n) is 1.69. The molecule has 0 bridgehead atoms. The maximum Gasteiger partial charge on any atom is 0.0313 e. The van der Waals surface area contributed by atoms with Crippen molar-refractivity contribution in [1.29, 1.82) is 0 Å². The maximum atomic E-state index is 7.25. The lowest BCUT2D eigenvalue weighted by atomic mass is 10.1. The van der Waals surface area contributed by atoms with Crippen LogP contribution in [-0.4, -0.2) is 0 Å². The van der Waals surface area contributed by atoms with Gasteiger partial charge < -0.3 is 0 Å². The molecule has 0 aromatic carbocycles. The zero-order valence-corrected chi connectivity index (χ0v) is 4.44. The predicted molar refractivity (Wildman–Crippen MR) is 32.1 cm³/mol. The van der Waals surface area contributed by atoms with Crippen molar-refractivity contribution >= 4 is 0 Å². The smallest absolute Gasteiger partial charge is 0.0313 e. The van der Waals surface area contributed by atoms with E-state index in [2.05, 4.69) is 0 Å². The van der Waals surface area contributed by atoms with Crippen LogP contribution in [0.25, 0.3) is 0 Å². The number of hydrogen-bond donors (Lipinski definition) is 0. The van der Waals surface area contributed by atoms with Crippen molar-refractivity contribution < 1.29 is 2.74 Å². The molecule has 0 radical (unpaired) electrons. The molecule has 0 saturated heterocycles. The fraction of sp³-hybridized carbons (Fsp3) is 0.429. The topological polar surface area (TPSA) is 0 Å². The summed E-state index contributed by atoms with van der Waals surface area (Å²) >= 11 is 0. The Bertz CT molecular complexity index is 166. The highest BCUT2D eigenvalue weighted by molar-refractivity contribution is 5.18. The van der Waals surface area contributed by atoms with Gasteiger partial charge in [-0.15, -0.1) is 0 Å². The molecule has 0 saturated carbocycles. The standard InChI is InChI=1S/C7H10/c1-7-5-3-2-4-6-7/h3,5-6H,2,4H2,1H3/i2D2. The summed E-state index contributed by atoms with van der Waals surface area (Å²) in [6.07, 6.45) is 4.78. The Morgan fingerprint density at radius 2 is 2.71 bits per heavy atom. The molecular weight excluding hydrogens is 84.1 g/mol. The van der Waals surface area contributed by atoms with Gasteiger partial charge in [0.15, 0.2) is 0 Å². The first-order valence-corrected chi connectivity index (χ1v) is 2.46. The van der Waals surface area contributed by atoms with Crippen LogP contribution in [0.1, 0.15) is 22.5 Å². The first-order chi connectivity index (χ1) is 4.10. The lowest BCUT2D eigenvalue weighted by molar-refractivity contribution is 1.02. The van der Waals surface area contributed by atoms with Gasteiger partial charge in [-0.1, -0.05) is 23.8 Å². The molecule has 0 heterocycles. The van der Waals surface area contributed by atoms with Gasteiger partial charge in [0.05, 0.1) is 0 Å². The SMILES string of the molecule is [2H]C1([2H])C=CC(C)=CC1. The van der Waals surface area contributed by atoms with Gasteiger partial charge in [0.2, 0.25) is 0 Å². The second kappa shape index (κ2) is 1.97. The van der Waals surface area contributed by atoms with Crippen LogP contribution in [0.15, 0.2) is 23.8 Å². The first kappa shape index (κ1) is 2.71. The quantitative estimate of drug-likeness (QED) is 0.434. The molecule has 38 valence electrons. The highest BCUT2D eigenvalue weighted by atomic mass is 13.9. The summed E-state index contributed by atoms with van der Waals surface area (Å²) in [6, 6.07) is 0. The van der Waals surface area contributed by atoms with Gasteiger partial charge in [-0.25, -0.2) is 0 Å². The minimum atomic E-state index is -1.10. The lowest BCUT2D eigenvalue weighted by Crippen LogP contribution is -1.76. The molecule has 0 N–H and O–H groups in total. The van der Waals surface area contributed by atoms with Crippen LogP contribution in [0.3, 0.4) is 0 Å². The van der Waals surface area contributed by atoms with E-state index in [4.69, 9.17) is 2.74 Å². The van der Waals surface area contributed by atoms with Gasteiger partial charge in [-0.05, 0) is 19.7 Å². The molecule has 0 heteroatoms. The van der Waals surface area contributed by atoms with Crippen molar-refractivity contribution in [2.24, 2.45) is 0 Å². The predicted octanol–water partition coefficient (Wildman–Crippen LogP) is 2.28. The average molecular weight is 96.2 g/mol. The number of rotatable bonds is 0. The van der Waals surface area contributed by atoms with Gasteiger partial charge in [-0.3, -0.25) is 0 Å². The van der Waals surface area contributed by atoms with Crippen LogP contribution < -0.4 is 0 Å². The van der Waals surface area contributed by atoms with Crippen molar-refractivity contribution in [3.63, 3.8) is 0 Å². The largest absolute Gasteiger partial charge is 0.0840 e. The molecule has 1 aliphatic carbocycles. The van der Waals surface area contributed by atoms with E-state index in [1.54, 1.807) is 6.08 Å². The van der Waals surface area contributed by atoms with Crippen molar-refractivity contribution in [1.82, 2.24) is 0 Å². The Labute approximate surface area is 47.4 Å². The first-order valence-electron chi connectivity index (χ1n) is 3.46. The summed E-state index contributed by atoms with van der Waals surface area (Å²) in [5.41, 5.74) is 1.16. The maximum absolute atomic E-state index is 7.25. The molecule has 1 aliphatic rings. The van der Waals surface area contributed by atoms with E-state index in [0.29, 0.717) is 6.42 Å². The molecule has 0 spiro atoms. The van der Waals surface area contributed by atoms with Crippen LogP contribution in [-0.2, 0) is 0 Å². The Morgan fingerprint density at radius 1 is 1.86 bits per heavy atom. The third-order valence-corrected chi connectivity index (χ3v) is 1.01. The molecular formula is C7H10. The van der Waals surface area contributed by atoms with Crippen LogP contribution in [0, 0.1) is 0 Å². The fourth-order valence-electron chi connectivity index (χ4n) is 0.546. The second-order valence-corrected chi connectivity index (χ2v) is 1.69. The zero-order valence-electron chi connectivity index (χ0n) is 6.44. The number of allylic oxidation sites excluding steroid dienone is 4. The van der Waals surface area contributed by atoms with E-state index < -0.39 is 6.37 Å². The summed E-state index contributed by atoms with van der Waals surface area (Å²) in [7, 11) is 0. The van der Waals surface area contributed by atoms with Gasteiger partial charge in [0.25, 0.3) is 0 Å². The van der Waals surface area contributed by atoms with E-state index in [1.165, 1.54) is 0 Å². The van der Waals surface area contributed by atoms with Gasteiger partial charge in [0.1, 0.15) is 0 Å². The summed E-state index contributed by atoms with van der Waals surface area (Å²) in [5.74, 6) is 0. The molecule has 7 heavy (non-hydrogen) atoms. The Kier molecular flexibility index (Phi) is 0.760. The molecule has 0 fully saturated rings. The van der Waals surface area contributed by atoms with Crippen LogP contribution >= 0.6 is 0 Å². The van der Waals surface area contributed by atoms with Crippen molar-refractivity contribution in [2.45, 2.75) is 19.7 Å². The Morgan fingerprint density at radius 3 is 3.14 bits per heavy atom. The van der Waals surface area contributed by atoms with Crippen molar-refractivity contribution in [3.05, 3.63) is 23.8 Å². The van der Waals surface area contributed by atoms with E-state index in [0.717, 1.165) is 5.57 Å². The minimum Gasteiger partial charge on any atom is -0.0840 e. The monoisotopic (exact) mass is 96.1 g/mol. The van der Waals surface area contributed by atoms with Gasteiger partial charge in [-0.2, -0.15) is 0 Å². The average Bonchev–Trinajstić information content (AvgIpc) is 1.78. The fourth-order valence-corrected chi connectivity index (χ4v) is 0.546. The highest BCUT2D eigenvalue weighted by Gasteiger charge is 1.86. The summed E-state index contributed by atoms with van der Waals surface area (Å²) in [6.45, 7) is 1.98. The van der Waals surface area contributed by atoms with Gasteiger partial charge in [0, 0.05) is 2.74 Å². The highest BCUT2D eigenvalue weighted by Crippen LogP contribution is 2.06. The molecule has 0 amide bonds. The molecule has 0 aromatic rings. The van der Waals surface area contributed by atoms with E-state index in [9.17, 15) is 0 Å². The van der Waals surface area contributed by atoms with Crippen LogP contribution in [0.4, 0.5) is 0 Å². The van der Waals surface area contributed by atoms with Crippen LogP contribution in [0.5, 0.6) is 0 Å². The van der Waals surface area contributed by atoms with Crippen molar-refractivity contribution in [3.8, 4) is 0 Å². The normalized spacial score (nSPS) is 30.7. The van der Waals surface area contributed by atoms with E-state index in [1.807, 2.05) is 19.1 Å². The van der Waals surface area contributed by atoms with Crippen LogP contribution in [0.2, 0.25) is 0 Å².